The zero-order valence-electron chi connectivity index (χ0n) is 10.5. The third-order valence-corrected chi connectivity index (χ3v) is 2.95. The van der Waals surface area contributed by atoms with Gasteiger partial charge in [0.2, 0.25) is 5.95 Å². The van der Waals surface area contributed by atoms with E-state index in [9.17, 15) is 0 Å². The average molecular weight is 253 g/mol. The van der Waals surface area contributed by atoms with Crippen molar-refractivity contribution in [1.29, 1.82) is 0 Å². The molecule has 3 rings (SSSR count). The molecule has 1 aromatic carbocycles. The molecule has 19 heavy (non-hydrogen) atoms. The summed E-state index contributed by atoms with van der Waals surface area (Å²) in [5, 5.41) is 7.55. The highest BCUT2D eigenvalue weighted by Gasteiger charge is 2.01. The number of fused-ring (bicyclic) bond motifs is 1. The molecule has 5 nitrogen and oxygen atoms in total. The summed E-state index contributed by atoms with van der Waals surface area (Å²) in [6.07, 6.45) is 1.88. The van der Waals surface area contributed by atoms with Crippen LogP contribution < -0.4 is 11.1 Å². The van der Waals surface area contributed by atoms with E-state index in [1.165, 1.54) is 5.56 Å². The van der Waals surface area contributed by atoms with Gasteiger partial charge in [-0.2, -0.15) is 4.98 Å². The predicted octanol–water partition coefficient (Wildman–Crippen LogP) is 1.80. The molecular weight excluding hydrogens is 238 g/mol. The Bertz CT molecular complexity index is 639. The van der Waals surface area contributed by atoms with Gasteiger partial charge in [0, 0.05) is 19.3 Å². The van der Waals surface area contributed by atoms with Crippen LogP contribution in [0.3, 0.4) is 0 Å². The van der Waals surface area contributed by atoms with E-state index < -0.39 is 0 Å². The minimum Gasteiger partial charge on any atom is -0.349 e. The minimum atomic E-state index is 0.571. The van der Waals surface area contributed by atoms with E-state index in [4.69, 9.17) is 5.73 Å². The first-order valence-corrected chi connectivity index (χ1v) is 6.18. The molecule has 0 aliphatic heterocycles. The summed E-state index contributed by atoms with van der Waals surface area (Å²) in [6.45, 7) is 1.27. The number of anilines is 1. The molecule has 0 amide bonds. The maximum absolute atomic E-state index is 5.57. The molecule has 0 aliphatic carbocycles. The third kappa shape index (κ3) is 2.56. The number of pyridine rings is 1. The van der Waals surface area contributed by atoms with E-state index in [2.05, 4.69) is 27.5 Å². The first-order valence-electron chi connectivity index (χ1n) is 6.18. The Balaban J connectivity index is 1.70. The fourth-order valence-electron chi connectivity index (χ4n) is 1.88. The van der Waals surface area contributed by atoms with Gasteiger partial charge in [-0.25, -0.2) is 4.52 Å². The number of rotatable bonds is 4. The molecule has 0 saturated carbocycles. The van der Waals surface area contributed by atoms with Gasteiger partial charge < -0.3 is 11.1 Å². The Morgan fingerprint density at radius 3 is 2.58 bits per heavy atom. The molecule has 0 fully saturated rings. The number of nitrogens with zero attached hydrogens (tertiary/aromatic N) is 3. The normalized spacial score (nSPS) is 10.8. The van der Waals surface area contributed by atoms with Gasteiger partial charge in [-0.05, 0) is 23.3 Å². The van der Waals surface area contributed by atoms with Crippen molar-refractivity contribution in [3.63, 3.8) is 0 Å². The third-order valence-electron chi connectivity index (χ3n) is 2.95. The van der Waals surface area contributed by atoms with Crippen LogP contribution in [0.25, 0.3) is 5.65 Å². The van der Waals surface area contributed by atoms with Crippen molar-refractivity contribution in [2.45, 2.75) is 13.1 Å². The van der Waals surface area contributed by atoms with Crippen LogP contribution in [0, 0.1) is 0 Å². The van der Waals surface area contributed by atoms with Crippen LogP contribution >= 0.6 is 0 Å². The Morgan fingerprint density at radius 2 is 1.84 bits per heavy atom. The summed E-state index contributed by atoms with van der Waals surface area (Å²) in [5.74, 6) is 0.633. The summed E-state index contributed by atoms with van der Waals surface area (Å²) in [7, 11) is 0. The monoisotopic (exact) mass is 253 g/mol. The van der Waals surface area contributed by atoms with Crippen LogP contribution in [-0.4, -0.2) is 14.6 Å². The van der Waals surface area contributed by atoms with Crippen LogP contribution in [0.4, 0.5) is 5.95 Å². The summed E-state index contributed by atoms with van der Waals surface area (Å²) >= 11 is 0. The fraction of sp³-hybridized carbons (Fsp3) is 0.143. The molecule has 96 valence electrons. The zero-order valence-corrected chi connectivity index (χ0v) is 10.5. The molecule has 0 radical (unpaired) electrons. The number of benzene rings is 1. The lowest BCUT2D eigenvalue weighted by Crippen LogP contribution is -2.02. The summed E-state index contributed by atoms with van der Waals surface area (Å²) in [4.78, 5) is 4.38. The Morgan fingerprint density at radius 1 is 1.05 bits per heavy atom. The molecule has 2 heterocycles. The predicted molar refractivity (Wildman–Crippen MR) is 74.6 cm³/mol. The lowest BCUT2D eigenvalue weighted by molar-refractivity contribution is 0.949. The molecule has 3 aromatic rings. The quantitative estimate of drug-likeness (QED) is 0.744. The Hall–Kier alpha value is -2.40. The molecule has 0 saturated heterocycles. The summed E-state index contributed by atoms with van der Waals surface area (Å²) in [5.41, 5.74) is 8.72. The van der Waals surface area contributed by atoms with Gasteiger partial charge in [-0.1, -0.05) is 30.3 Å². The molecule has 2 aromatic heterocycles. The number of nitrogens with two attached hydrogens (primary N) is 1. The topological polar surface area (TPSA) is 68.2 Å². The van der Waals surface area contributed by atoms with Crippen molar-refractivity contribution in [2.24, 2.45) is 5.73 Å². The SMILES string of the molecule is NCc1ccc(CNc2nc3ccccn3n2)cc1. The first-order chi connectivity index (χ1) is 9.35. The molecule has 0 spiro atoms. The molecule has 0 unspecified atom stereocenters. The van der Waals surface area contributed by atoms with Crippen LogP contribution in [0.1, 0.15) is 11.1 Å². The van der Waals surface area contributed by atoms with Crippen LogP contribution in [0.2, 0.25) is 0 Å². The lowest BCUT2D eigenvalue weighted by atomic mass is 10.1. The van der Waals surface area contributed by atoms with Crippen molar-refractivity contribution < 1.29 is 0 Å². The first kappa shape index (κ1) is 11.7. The number of aromatic nitrogens is 3. The fourth-order valence-corrected chi connectivity index (χ4v) is 1.88. The largest absolute Gasteiger partial charge is 0.349 e. The second kappa shape index (κ2) is 5.07. The van der Waals surface area contributed by atoms with E-state index in [1.807, 2.05) is 36.5 Å². The van der Waals surface area contributed by atoms with E-state index in [0.717, 1.165) is 11.2 Å². The highest BCUT2D eigenvalue weighted by Crippen LogP contribution is 2.08. The number of hydrogen-bond donors (Lipinski definition) is 2. The Labute approximate surface area is 111 Å². The second-order valence-corrected chi connectivity index (χ2v) is 4.31. The van der Waals surface area contributed by atoms with E-state index in [0.29, 0.717) is 19.0 Å². The number of nitrogens with one attached hydrogen (secondary N) is 1. The lowest BCUT2D eigenvalue weighted by Gasteiger charge is -2.03. The highest BCUT2D eigenvalue weighted by molar-refractivity contribution is 5.43. The minimum absolute atomic E-state index is 0.571. The van der Waals surface area contributed by atoms with Gasteiger partial charge in [0.25, 0.3) is 0 Å². The zero-order chi connectivity index (χ0) is 13.1. The summed E-state index contributed by atoms with van der Waals surface area (Å²) < 4.78 is 1.75. The van der Waals surface area contributed by atoms with Gasteiger partial charge in [-0.15, -0.1) is 5.10 Å². The van der Waals surface area contributed by atoms with Crippen LogP contribution in [0.15, 0.2) is 48.7 Å². The van der Waals surface area contributed by atoms with E-state index in [1.54, 1.807) is 4.52 Å². The molecule has 3 N–H and O–H groups in total. The van der Waals surface area contributed by atoms with E-state index >= 15 is 0 Å². The van der Waals surface area contributed by atoms with Crippen molar-refractivity contribution in [3.05, 3.63) is 59.8 Å². The average Bonchev–Trinajstić information content (AvgIpc) is 2.88. The van der Waals surface area contributed by atoms with Crippen molar-refractivity contribution in [3.8, 4) is 0 Å². The van der Waals surface area contributed by atoms with Crippen molar-refractivity contribution in [1.82, 2.24) is 14.6 Å². The molecule has 0 atom stereocenters. The standard InChI is InChI=1S/C14H15N5/c15-9-11-4-6-12(7-5-11)10-16-14-17-13-3-1-2-8-19(13)18-14/h1-8H,9-10,15H2,(H,16,18). The molecule has 0 aliphatic rings. The van der Waals surface area contributed by atoms with Gasteiger partial charge >= 0.3 is 0 Å². The van der Waals surface area contributed by atoms with Gasteiger partial charge in [-0.3, -0.25) is 0 Å². The van der Waals surface area contributed by atoms with Crippen LogP contribution in [-0.2, 0) is 13.1 Å². The maximum Gasteiger partial charge on any atom is 0.243 e. The molecule has 0 bridgehead atoms. The van der Waals surface area contributed by atoms with Crippen molar-refractivity contribution in [2.75, 3.05) is 5.32 Å². The summed E-state index contributed by atoms with van der Waals surface area (Å²) in [6, 6.07) is 14.0. The van der Waals surface area contributed by atoms with Crippen LogP contribution in [0.5, 0.6) is 0 Å². The van der Waals surface area contributed by atoms with Gasteiger partial charge in [0.1, 0.15) is 0 Å². The van der Waals surface area contributed by atoms with Crippen molar-refractivity contribution >= 4 is 11.6 Å². The Kier molecular flexibility index (Phi) is 3.12. The second-order valence-electron chi connectivity index (χ2n) is 4.31. The highest BCUT2D eigenvalue weighted by atomic mass is 15.3. The van der Waals surface area contributed by atoms with Gasteiger partial charge in [0.05, 0.1) is 0 Å². The smallest absolute Gasteiger partial charge is 0.243 e. The molecule has 5 heteroatoms. The van der Waals surface area contributed by atoms with E-state index in [-0.39, 0.29) is 0 Å². The molecular formula is C14H15N5. The van der Waals surface area contributed by atoms with Gasteiger partial charge in [0.15, 0.2) is 5.65 Å². The number of hydrogen-bond acceptors (Lipinski definition) is 4. The maximum atomic E-state index is 5.57.